The van der Waals surface area contributed by atoms with Crippen LogP contribution in [0.2, 0.25) is 0 Å². The number of anilines is 1. The van der Waals surface area contributed by atoms with Gasteiger partial charge in [-0.05, 0) is 0 Å². The predicted octanol–water partition coefficient (Wildman–Crippen LogP) is -1.22. The molecule has 9 nitrogen and oxygen atoms in total. The van der Waals surface area contributed by atoms with Gasteiger partial charge in [0.05, 0.1) is 6.54 Å². The molecular formula is C9H12N6O3. The molecular weight excluding hydrogens is 240 g/mol. The van der Waals surface area contributed by atoms with Crippen LogP contribution in [0.25, 0.3) is 0 Å². The van der Waals surface area contributed by atoms with Crippen LogP contribution in [0, 0.1) is 6.92 Å². The third-order valence-electron chi connectivity index (χ3n) is 2.30. The van der Waals surface area contributed by atoms with Crippen LogP contribution >= 0.6 is 0 Å². The molecule has 0 spiro atoms. The molecule has 0 saturated carbocycles. The maximum absolute atomic E-state index is 11.7. The molecule has 18 heavy (non-hydrogen) atoms. The highest BCUT2D eigenvalue weighted by molar-refractivity contribution is 5.29. The molecule has 2 aromatic heterocycles. The van der Waals surface area contributed by atoms with Crippen LogP contribution in [0.5, 0.6) is 0 Å². The molecule has 96 valence electrons. The Hall–Kier alpha value is -2.45. The van der Waals surface area contributed by atoms with E-state index in [0.29, 0.717) is 11.7 Å². The molecule has 0 unspecified atom stereocenters. The largest absolute Gasteiger partial charge is 0.357 e. The van der Waals surface area contributed by atoms with Crippen LogP contribution in [-0.4, -0.2) is 24.5 Å². The van der Waals surface area contributed by atoms with Gasteiger partial charge in [0.25, 0.3) is 5.56 Å². The number of aromatic nitrogens is 5. The molecule has 0 aromatic carbocycles. The number of rotatable bonds is 3. The average Bonchev–Trinajstić information content (AvgIpc) is 2.75. The molecule has 9 heteroatoms. The number of hydrogen-bond donors (Lipinski definition) is 1. The summed E-state index contributed by atoms with van der Waals surface area (Å²) in [4.78, 5) is 27.1. The summed E-state index contributed by atoms with van der Waals surface area (Å²) in [5.41, 5.74) is -0.987. The van der Waals surface area contributed by atoms with E-state index in [-0.39, 0.29) is 12.4 Å². The van der Waals surface area contributed by atoms with Crippen LogP contribution in [0.4, 0.5) is 5.82 Å². The molecule has 0 aliphatic carbocycles. The number of nitrogens with zero attached hydrogens (tertiary/aromatic N) is 5. The zero-order chi connectivity index (χ0) is 13.3. The Morgan fingerprint density at radius 1 is 1.33 bits per heavy atom. The Balaban J connectivity index is 2.25. The Kier molecular flexibility index (Phi) is 2.96. The zero-order valence-corrected chi connectivity index (χ0v) is 10.2. The molecule has 2 aromatic rings. The maximum Gasteiger partial charge on any atom is 0.346 e. The van der Waals surface area contributed by atoms with E-state index in [1.165, 1.54) is 14.1 Å². The summed E-state index contributed by atoms with van der Waals surface area (Å²) in [6, 6.07) is 0. The van der Waals surface area contributed by atoms with Gasteiger partial charge in [-0.1, -0.05) is 5.16 Å². The van der Waals surface area contributed by atoms with Crippen LogP contribution in [0.3, 0.4) is 0 Å². The topological polar surface area (TPSA) is 108 Å². The second-order valence-electron chi connectivity index (χ2n) is 3.70. The van der Waals surface area contributed by atoms with Crippen molar-refractivity contribution in [2.75, 3.05) is 5.32 Å². The quantitative estimate of drug-likeness (QED) is 0.729. The van der Waals surface area contributed by atoms with Crippen molar-refractivity contribution < 1.29 is 4.52 Å². The van der Waals surface area contributed by atoms with E-state index in [1.54, 1.807) is 6.92 Å². The molecule has 0 bridgehead atoms. The Morgan fingerprint density at radius 3 is 2.67 bits per heavy atom. The smallest absolute Gasteiger partial charge is 0.346 e. The van der Waals surface area contributed by atoms with Gasteiger partial charge in [-0.3, -0.25) is 9.36 Å². The van der Waals surface area contributed by atoms with Gasteiger partial charge in [-0.15, -0.1) is 5.10 Å². The zero-order valence-electron chi connectivity index (χ0n) is 10.2. The molecule has 0 saturated heterocycles. The van der Waals surface area contributed by atoms with Gasteiger partial charge >= 0.3 is 5.69 Å². The van der Waals surface area contributed by atoms with E-state index in [2.05, 4.69) is 20.6 Å². The fraction of sp³-hybridized carbons (Fsp3) is 0.444. The summed E-state index contributed by atoms with van der Waals surface area (Å²) in [6.07, 6.45) is 0. The van der Waals surface area contributed by atoms with Crippen LogP contribution in [0.1, 0.15) is 11.7 Å². The molecule has 2 rings (SSSR count). The van der Waals surface area contributed by atoms with Gasteiger partial charge in [-0.2, -0.15) is 4.98 Å². The highest BCUT2D eigenvalue weighted by Gasteiger charge is 2.09. The van der Waals surface area contributed by atoms with E-state index < -0.39 is 11.2 Å². The molecule has 1 N–H and O–H groups in total. The van der Waals surface area contributed by atoms with E-state index >= 15 is 0 Å². The van der Waals surface area contributed by atoms with Gasteiger partial charge in [0.1, 0.15) is 0 Å². The van der Waals surface area contributed by atoms with E-state index in [9.17, 15) is 9.59 Å². The average molecular weight is 252 g/mol. The van der Waals surface area contributed by atoms with E-state index in [4.69, 9.17) is 4.52 Å². The minimum Gasteiger partial charge on any atom is -0.357 e. The Morgan fingerprint density at radius 2 is 2.06 bits per heavy atom. The van der Waals surface area contributed by atoms with Gasteiger partial charge in [0, 0.05) is 21.0 Å². The third-order valence-corrected chi connectivity index (χ3v) is 2.30. The van der Waals surface area contributed by atoms with Crippen molar-refractivity contribution in [3.63, 3.8) is 0 Å². The van der Waals surface area contributed by atoms with Crippen molar-refractivity contribution in [1.29, 1.82) is 0 Å². The SMILES string of the molecule is Cc1nc(CNc2nn(C)c(=O)n(C)c2=O)no1. The molecule has 0 radical (unpaired) electrons. The van der Waals surface area contributed by atoms with Crippen LogP contribution < -0.4 is 16.6 Å². The van der Waals surface area contributed by atoms with Crippen molar-refractivity contribution in [3.05, 3.63) is 32.6 Å². The van der Waals surface area contributed by atoms with Crippen LogP contribution in [-0.2, 0) is 20.6 Å². The number of nitrogens with one attached hydrogen (secondary N) is 1. The molecule has 0 aliphatic rings. The van der Waals surface area contributed by atoms with E-state index in [1.807, 2.05) is 0 Å². The van der Waals surface area contributed by atoms with Crippen molar-refractivity contribution in [2.24, 2.45) is 14.1 Å². The molecule has 0 amide bonds. The first-order chi connectivity index (χ1) is 8.49. The van der Waals surface area contributed by atoms with Gasteiger partial charge < -0.3 is 9.84 Å². The third kappa shape index (κ3) is 2.14. The summed E-state index contributed by atoms with van der Waals surface area (Å²) < 4.78 is 6.83. The summed E-state index contributed by atoms with van der Waals surface area (Å²) >= 11 is 0. The fourth-order valence-electron chi connectivity index (χ4n) is 1.39. The molecule has 2 heterocycles. The standard InChI is InChI=1S/C9H12N6O3/c1-5-11-6(13-18-5)4-10-7-8(16)14(2)9(17)15(3)12-7/h4H2,1-3H3,(H,10,12). The summed E-state index contributed by atoms with van der Waals surface area (Å²) in [7, 11) is 2.85. The highest BCUT2D eigenvalue weighted by atomic mass is 16.5. The molecule has 0 atom stereocenters. The van der Waals surface area contributed by atoms with Gasteiger partial charge in [0.2, 0.25) is 11.7 Å². The lowest BCUT2D eigenvalue weighted by Crippen LogP contribution is -2.39. The lowest BCUT2D eigenvalue weighted by atomic mass is 10.5. The predicted molar refractivity (Wildman–Crippen MR) is 61.1 cm³/mol. The van der Waals surface area contributed by atoms with Crippen LogP contribution in [0.15, 0.2) is 14.1 Å². The minimum atomic E-state index is -0.502. The number of hydrogen-bond acceptors (Lipinski definition) is 7. The van der Waals surface area contributed by atoms with Gasteiger partial charge in [0.15, 0.2) is 5.82 Å². The summed E-state index contributed by atoms with van der Waals surface area (Å²) in [5.74, 6) is 0.903. The van der Waals surface area contributed by atoms with Crippen molar-refractivity contribution >= 4 is 5.82 Å². The Labute approximate surface area is 101 Å². The molecule has 0 aliphatic heterocycles. The first-order valence-corrected chi connectivity index (χ1v) is 5.16. The Bertz CT molecular complexity index is 682. The normalized spacial score (nSPS) is 10.6. The summed E-state index contributed by atoms with van der Waals surface area (Å²) in [5, 5.41) is 10.3. The minimum absolute atomic E-state index is 0.0575. The summed E-state index contributed by atoms with van der Waals surface area (Å²) in [6.45, 7) is 1.86. The lowest BCUT2D eigenvalue weighted by Gasteiger charge is -2.05. The second-order valence-corrected chi connectivity index (χ2v) is 3.70. The van der Waals surface area contributed by atoms with Gasteiger partial charge in [-0.25, -0.2) is 9.48 Å². The van der Waals surface area contributed by atoms with Crippen molar-refractivity contribution in [1.82, 2.24) is 24.5 Å². The lowest BCUT2D eigenvalue weighted by molar-refractivity contribution is 0.388. The number of aryl methyl sites for hydroxylation is 2. The highest BCUT2D eigenvalue weighted by Crippen LogP contribution is 1.97. The van der Waals surface area contributed by atoms with E-state index in [0.717, 1.165) is 9.25 Å². The second kappa shape index (κ2) is 4.43. The van der Waals surface area contributed by atoms with Crippen molar-refractivity contribution in [3.8, 4) is 0 Å². The fourth-order valence-corrected chi connectivity index (χ4v) is 1.39. The first-order valence-electron chi connectivity index (χ1n) is 5.16. The molecule has 0 fully saturated rings. The maximum atomic E-state index is 11.7. The van der Waals surface area contributed by atoms with Crippen molar-refractivity contribution in [2.45, 2.75) is 13.5 Å². The monoisotopic (exact) mass is 252 g/mol. The first kappa shape index (κ1) is 12.0.